The van der Waals surface area contributed by atoms with Gasteiger partial charge in [-0.3, -0.25) is 0 Å². The highest BCUT2D eigenvalue weighted by atomic mass is 79.9. The van der Waals surface area contributed by atoms with E-state index >= 15 is 0 Å². The van der Waals surface area contributed by atoms with Crippen LogP contribution in [0.2, 0.25) is 0 Å². The first-order chi connectivity index (χ1) is 5.34. The third-order valence-electron chi connectivity index (χ3n) is 1.51. The van der Waals surface area contributed by atoms with Crippen molar-refractivity contribution in [2.45, 2.75) is 26.2 Å². The third kappa shape index (κ3) is 2.58. The van der Waals surface area contributed by atoms with Gasteiger partial charge in [0.2, 0.25) is 0 Å². The van der Waals surface area contributed by atoms with Gasteiger partial charge in [-0.15, -0.1) is 0 Å². The van der Waals surface area contributed by atoms with Gasteiger partial charge < -0.3 is 0 Å². The summed E-state index contributed by atoms with van der Waals surface area (Å²) in [5, 5.41) is 0. The van der Waals surface area contributed by atoms with E-state index in [-0.39, 0.29) is 0 Å². The Labute approximate surface area is 75.2 Å². The minimum Gasteiger partial charge on any atom is -0.244 e. The van der Waals surface area contributed by atoms with Crippen LogP contribution in [0.4, 0.5) is 0 Å². The van der Waals surface area contributed by atoms with Crippen LogP contribution < -0.4 is 0 Å². The smallest absolute Gasteiger partial charge is 0.115 e. The summed E-state index contributed by atoms with van der Waals surface area (Å²) in [7, 11) is 0. The van der Waals surface area contributed by atoms with Crippen molar-refractivity contribution in [2.24, 2.45) is 0 Å². The second-order valence-electron chi connectivity index (χ2n) is 2.42. The first-order valence-electron chi connectivity index (χ1n) is 3.79. The van der Waals surface area contributed by atoms with Crippen LogP contribution >= 0.6 is 15.9 Å². The number of rotatable bonds is 3. The van der Waals surface area contributed by atoms with Gasteiger partial charge in [0.1, 0.15) is 6.33 Å². The maximum absolute atomic E-state index is 4.16. The SMILES string of the molecule is CCCCc1ncncc1Br. The number of unbranched alkanes of at least 4 members (excludes halogenated alkanes) is 1. The van der Waals surface area contributed by atoms with Crippen LogP contribution in [0.15, 0.2) is 17.0 Å². The minimum atomic E-state index is 1.02. The van der Waals surface area contributed by atoms with Crippen LogP contribution in [0.3, 0.4) is 0 Å². The molecule has 1 rings (SSSR count). The normalized spacial score (nSPS) is 10.0. The Morgan fingerprint density at radius 2 is 2.36 bits per heavy atom. The Balaban J connectivity index is 2.62. The zero-order valence-electron chi connectivity index (χ0n) is 6.55. The average Bonchev–Trinajstić information content (AvgIpc) is 2.03. The van der Waals surface area contributed by atoms with Crippen molar-refractivity contribution >= 4 is 15.9 Å². The first-order valence-corrected chi connectivity index (χ1v) is 4.58. The van der Waals surface area contributed by atoms with Gasteiger partial charge in [0.15, 0.2) is 0 Å². The highest BCUT2D eigenvalue weighted by Crippen LogP contribution is 2.13. The molecule has 1 heterocycles. The number of nitrogens with zero attached hydrogens (tertiary/aromatic N) is 2. The maximum Gasteiger partial charge on any atom is 0.115 e. The van der Waals surface area contributed by atoms with Crippen LogP contribution in [0.5, 0.6) is 0 Å². The monoisotopic (exact) mass is 214 g/mol. The lowest BCUT2D eigenvalue weighted by Gasteiger charge is -1.99. The molecule has 0 unspecified atom stereocenters. The Kier molecular flexibility index (Phi) is 3.49. The van der Waals surface area contributed by atoms with Crippen molar-refractivity contribution < 1.29 is 0 Å². The fraction of sp³-hybridized carbons (Fsp3) is 0.500. The molecular formula is C8H11BrN2. The molecule has 0 N–H and O–H groups in total. The van der Waals surface area contributed by atoms with E-state index < -0.39 is 0 Å². The molecule has 0 atom stereocenters. The second-order valence-corrected chi connectivity index (χ2v) is 3.28. The van der Waals surface area contributed by atoms with Gasteiger partial charge in [-0.05, 0) is 28.8 Å². The summed E-state index contributed by atoms with van der Waals surface area (Å²) in [5.41, 5.74) is 1.11. The van der Waals surface area contributed by atoms with Gasteiger partial charge in [0.25, 0.3) is 0 Å². The molecule has 0 saturated heterocycles. The number of halogens is 1. The van der Waals surface area contributed by atoms with E-state index in [9.17, 15) is 0 Å². The number of aryl methyl sites for hydroxylation is 1. The zero-order valence-corrected chi connectivity index (χ0v) is 8.13. The Morgan fingerprint density at radius 3 is 3.00 bits per heavy atom. The Hall–Kier alpha value is -0.440. The number of hydrogen-bond acceptors (Lipinski definition) is 2. The second kappa shape index (κ2) is 4.44. The molecular weight excluding hydrogens is 204 g/mol. The maximum atomic E-state index is 4.16. The summed E-state index contributed by atoms with van der Waals surface area (Å²) in [4.78, 5) is 8.05. The van der Waals surface area contributed by atoms with Gasteiger partial charge in [0, 0.05) is 6.20 Å². The number of hydrogen-bond donors (Lipinski definition) is 0. The quantitative estimate of drug-likeness (QED) is 0.774. The van der Waals surface area contributed by atoms with Crippen LogP contribution in [0.25, 0.3) is 0 Å². The Morgan fingerprint density at radius 1 is 1.55 bits per heavy atom. The lowest BCUT2D eigenvalue weighted by atomic mass is 10.2. The molecule has 1 aromatic heterocycles. The van der Waals surface area contributed by atoms with E-state index in [4.69, 9.17) is 0 Å². The Bertz CT molecular complexity index is 225. The van der Waals surface area contributed by atoms with Gasteiger partial charge >= 0.3 is 0 Å². The standard InChI is InChI=1S/C8H11BrN2/c1-2-3-4-8-7(9)5-10-6-11-8/h5-6H,2-4H2,1H3. The molecule has 0 spiro atoms. The van der Waals surface area contributed by atoms with Crippen molar-refractivity contribution in [3.8, 4) is 0 Å². The molecule has 0 aliphatic rings. The summed E-state index contributed by atoms with van der Waals surface area (Å²) in [6.07, 6.45) is 6.82. The van der Waals surface area contributed by atoms with Crippen LogP contribution in [0.1, 0.15) is 25.5 Å². The molecule has 0 radical (unpaired) electrons. The fourth-order valence-electron chi connectivity index (χ4n) is 0.866. The van der Waals surface area contributed by atoms with Crippen LogP contribution in [-0.2, 0) is 6.42 Å². The van der Waals surface area contributed by atoms with Gasteiger partial charge in [-0.1, -0.05) is 13.3 Å². The van der Waals surface area contributed by atoms with Crippen molar-refractivity contribution in [3.63, 3.8) is 0 Å². The van der Waals surface area contributed by atoms with Crippen LogP contribution in [-0.4, -0.2) is 9.97 Å². The third-order valence-corrected chi connectivity index (χ3v) is 2.17. The summed E-state index contributed by atoms with van der Waals surface area (Å²) < 4.78 is 1.02. The van der Waals surface area contributed by atoms with Crippen LogP contribution in [0, 0.1) is 0 Å². The molecule has 0 fully saturated rings. The number of aromatic nitrogens is 2. The highest BCUT2D eigenvalue weighted by molar-refractivity contribution is 9.10. The molecule has 60 valence electrons. The molecule has 0 saturated carbocycles. The summed E-state index contributed by atoms with van der Waals surface area (Å²) in [6, 6.07) is 0. The average molecular weight is 215 g/mol. The molecule has 0 aromatic carbocycles. The minimum absolute atomic E-state index is 1.02. The molecule has 0 aliphatic carbocycles. The fourth-order valence-corrected chi connectivity index (χ4v) is 1.28. The van der Waals surface area contributed by atoms with E-state index in [0.717, 1.165) is 16.6 Å². The molecule has 0 aliphatic heterocycles. The largest absolute Gasteiger partial charge is 0.244 e. The van der Waals surface area contributed by atoms with E-state index in [0.29, 0.717) is 0 Å². The predicted molar refractivity (Wildman–Crippen MR) is 48.3 cm³/mol. The molecule has 11 heavy (non-hydrogen) atoms. The molecule has 1 aromatic rings. The van der Waals surface area contributed by atoms with Crippen molar-refractivity contribution in [2.75, 3.05) is 0 Å². The van der Waals surface area contributed by atoms with Crippen molar-refractivity contribution in [1.82, 2.24) is 9.97 Å². The van der Waals surface area contributed by atoms with Gasteiger partial charge in [0.05, 0.1) is 10.2 Å². The van der Waals surface area contributed by atoms with Crippen molar-refractivity contribution in [3.05, 3.63) is 22.7 Å². The van der Waals surface area contributed by atoms with E-state index in [1.165, 1.54) is 12.8 Å². The predicted octanol–water partition coefficient (Wildman–Crippen LogP) is 2.58. The highest BCUT2D eigenvalue weighted by Gasteiger charge is 1.98. The van der Waals surface area contributed by atoms with E-state index in [1.807, 2.05) is 0 Å². The summed E-state index contributed by atoms with van der Waals surface area (Å²) in [5.74, 6) is 0. The lowest BCUT2D eigenvalue weighted by Crippen LogP contribution is -1.91. The molecule has 0 bridgehead atoms. The topological polar surface area (TPSA) is 25.8 Å². The summed E-state index contributed by atoms with van der Waals surface area (Å²) >= 11 is 3.40. The lowest BCUT2D eigenvalue weighted by molar-refractivity contribution is 0.769. The van der Waals surface area contributed by atoms with E-state index in [2.05, 4.69) is 32.8 Å². The first kappa shape index (κ1) is 8.65. The van der Waals surface area contributed by atoms with Gasteiger partial charge in [-0.25, -0.2) is 9.97 Å². The van der Waals surface area contributed by atoms with E-state index in [1.54, 1.807) is 12.5 Å². The van der Waals surface area contributed by atoms with Crippen molar-refractivity contribution in [1.29, 1.82) is 0 Å². The van der Waals surface area contributed by atoms with Gasteiger partial charge in [-0.2, -0.15) is 0 Å². The zero-order chi connectivity index (χ0) is 8.10. The molecule has 2 nitrogen and oxygen atoms in total. The molecule has 3 heteroatoms. The summed E-state index contributed by atoms with van der Waals surface area (Å²) in [6.45, 7) is 2.18. The molecule has 0 amide bonds.